The molecule has 0 amide bonds. The summed E-state index contributed by atoms with van der Waals surface area (Å²) in [5, 5.41) is 3.56. The molecule has 1 saturated heterocycles. The number of hydrogen-bond acceptors (Lipinski definition) is 3. The van der Waals surface area contributed by atoms with Gasteiger partial charge in [0, 0.05) is 0 Å². The van der Waals surface area contributed by atoms with Gasteiger partial charge in [0.05, 0.1) is 24.9 Å². The van der Waals surface area contributed by atoms with Gasteiger partial charge in [0.1, 0.15) is 5.75 Å². The molecule has 112 valence electrons. The molecule has 0 bridgehead atoms. The van der Waals surface area contributed by atoms with Crippen LogP contribution in [0.4, 0.5) is 0 Å². The van der Waals surface area contributed by atoms with Crippen LogP contribution in [0.25, 0.3) is 0 Å². The fourth-order valence-electron chi connectivity index (χ4n) is 2.75. The van der Waals surface area contributed by atoms with Gasteiger partial charge in [-0.2, -0.15) is 0 Å². The summed E-state index contributed by atoms with van der Waals surface area (Å²) >= 11 is 0. The van der Waals surface area contributed by atoms with Crippen molar-refractivity contribution in [3.8, 4) is 5.75 Å². The predicted molar refractivity (Wildman–Crippen MR) is 82.2 cm³/mol. The van der Waals surface area contributed by atoms with Crippen LogP contribution in [0.5, 0.6) is 5.75 Å². The van der Waals surface area contributed by atoms with Crippen LogP contribution in [0.1, 0.15) is 51.6 Å². The molecule has 0 radical (unpaired) electrons. The number of ether oxygens (including phenoxy) is 2. The second kappa shape index (κ2) is 7.65. The Morgan fingerprint density at radius 3 is 2.55 bits per heavy atom. The van der Waals surface area contributed by atoms with Crippen LogP contribution in [0.2, 0.25) is 0 Å². The van der Waals surface area contributed by atoms with Crippen molar-refractivity contribution in [1.29, 1.82) is 0 Å². The van der Waals surface area contributed by atoms with Gasteiger partial charge >= 0.3 is 0 Å². The Hall–Kier alpha value is -1.06. The van der Waals surface area contributed by atoms with E-state index in [1.165, 1.54) is 5.56 Å². The average Bonchev–Trinajstić information content (AvgIpc) is 2.89. The second-order valence-electron chi connectivity index (χ2n) is 5.52. The monoisotopic (exact) mass is 277 g/mol. The van der Waals surface area contributed by atoms with Crippen LogP contribution in [-0.4, -0.2) is 25.4 Å². The van der Waals surface area contributed by atoms with Crippen LogP contribution in [0, 0.1) is 0 Å². The maximum atomic E-state index is 6.03. The van der Waals surface area contributed by atoms with E-state index in [2.05, 4.69) is 50.4 Å². The highest BCUT2D eigenvalue weighted by Gasteiger charge is 2.30. The standard InChI is InChI=1S/C17H27NO2/c1-4-12-19-15-9-7-14(8-10-15)17(18-5-2)16-11-6-13(3)20-16/h7-10,13,16-18H,4-6,11-12H2,1-3H3. The summed E-state index contributed by atoms with van der Waals surface area (Å²) in [5.74, 6) is 0.951. The van der Waals surface area contributed by atoms with Gasteiger partial charge in [-0.1, -0.05) is 26.0 Å². The first kappa shape index (κ1) is 15.3. The number of hydrogen-bond donors (Lipinski definition) is 1. The lowest BCUT2D eigenvalue weighted by molar-refractivity contribution is 0.0319. The molecule has 0 spiro atoms. The largest absolute Gasteiger partial charge is 0.494 e. The van der Waals surface area contributed by atoms with E-state index >= 15 is 0 Å². The van der Waals surface area contributed by atoms with E-state index in [4.69, 9.17) is 9.47 Å². The molecule has 3 heteroatoms. The molecule has 20 heavy (non-hydrogen) atoms. The normalized spacial score (nSPS) is 23.8. The SMILES string of the molecule is CCCOc1ccc(C(NCC)C2CCC(C)O2)cc1. The smallest absolute Gasteiger partial charge is 0.119 e. The molecule has 0 saturated carbocycles. The Bertz CT molecular complexity index is 390. The summed E-state index contributed by atoms with van der Waals surface area (Å²) in [4.78, 5) is 0. The van der Waals surface area contributed by atoms with Crippen molar-refractivity contribution >= 4 is 0 Å². The van der Waals surface area contributed by atoms with Crippen LogP contribution in [0.15, 0.2) is 24.3 Å². The zero-order chi connectivity index (χ0) is 14.4. The van der Waals surface area contributed by atoms with Crippen molar-refractivity contribution in [2.75, 3.05) is 13.2 Å². The van der Waals surface area contributed by atoms with Gasteiger partial charge < -0.3 is 14.8 Å². The molecule has 1 heterocycles. The van der Waals surface area contributed by atoms with Crippen molar-refractivity contribution < 1.29 is 9.47 Å². The molecule has 1 N–H and O–H groups in total. The maximum absolute atomic E-state index is 6.03. The average molecular weight is 277 g/mol. The van der Waals surface area contributed by atoms with Crippen molar-refractivity contribution in [2.45, 2.75) is 58.3 Å². The lowest BCUT2D eigenvalue weighted by Gasteiger charge is -2.25. The zero-order valence-corrected chi connectivity index (χ0v) is 12.9. The molecule has 1 aliphatic heterocycles. The lowest BCUT2D eigenvalue weighted by Crippen LogP contribution is -2.32. The first-order valence-electron chi connectivity index (χ1n) is 7.86. The number of benzene rings is 1. The molecule has 3 nitrogen and oxygen atoms in total. The fraction of sp³-hybridized carbons (Fsp3) is 0.647. The summed E-state index contributed by atoms with van der Waals surface area (Å²) in [5.41, 5.74) is 1.29. The summed E-state index contributed by atoms with van der Waals surface area (Å²) in [6.07, 6.45) is 3.99. The molecule has 1 aliphatic rings. The van der Waals surface area contributed by atoms with E-state index in [1.54, 1.807) is 0 Å². The highest BCUT2D eigenvalue weighted by Crippen LogP contribution is 2.30. The number of nitrogens with one attached hydrogen (secondary N) is 1. The lowest BCUT2D eigenvalue weighted by atomic mass is 9.99. The third kappa shape index (κ3) is 3.97. The summed E-state index contributed by atoms with van der Waals surface area (Å²) in [6.45, 7) is 8.15. The van der Waals surface area contributed by atoms with Crippen molar-refractivity contribution in [1.82, 2.24) is 5.32 Å². The molecular weight excluding hydrogens is 250 g/mol. The van der Waals surface area contributed by atoms with E-state index in [0.717, 1.165) is 38.2 Å². The predicted octanol–water partition coefficient (Wildman–Crippen LogP) is 3.69. The Kier molecular flexibility index (Phi) is 5.86. The Labute approximate surface area is 122 Å². The first-order valence-corrected chi connectivity index (χ1v) is 7.86. The fourth-order valence-corrected chi connectivity index (χ4v) is 2.75. The number of likely N-dealkylation sites (N-methyl/N-ethyl adjacent to an activating group) is 1. The molecule has 0 aliphatic carbocycles. The van der Waals surface area contributed by atoms with Crippen molar-refractivity contribution in [3.63, 3.8) is 0 Å². The van der Waals surface area contributed by atoms with E-state index < -0.39 is 0 Å². The summed E-state index contributed by atoms with van der Waals surface area (Å²) in [7, 11) is 0. The van der Waals surface area contributed by atoms with Crippen LogP contribution >= 0.6 is 0 Å². The van der Waals surface area contributed by atoms with Crippen LogP contribution in [0.3, 0.4) is 0 Å². The van der Waals surface area contributed by atoms with Gasteiger partial charge in [0.25, 0.3) is 0 Å². The second-order valence-corrected chi connectivity index (χ2v) is 5.52. The minimum Gasteiger partial charge on any atom is -0.494 e. The molecular formula is C17H27NO2. The maximum Gasteiger partial charge on any atom is 0.119 e. The molecule has 1 fully saturated rings. The van der Waals surface area contributed by atoms with Crippen molar-refractivity contribution in [3.05, 3.63) is 29.8 Å². The molecule has 1 aromatic rings. The van der Waals surface area contributed by atoms with Crippen LogP contribution < -0.4 is 10.1 Å². The molecule has 3 unspecified atom stereocenters. The highest BCUT2D eigenvalue weighted by molar-refractivity contribution is 5.30. The molecule has 2 rings (SSSR count). The number of rotatable bonds is 7. The van der Waals surface area contributed by atoms with Gasteiger partial charge in [0.15, 0.2) is 0 Å². The molecule has 0 aromatic heterocycles. The third-order valence-corrected chi connectivity index (χ3v) is 3.77. The van der Waals surface area contributed by atoms with E-state index in [9.17, 15) is 0 Å². The summed E-state index contributed by atoms with van der Waals surface area (Å²) in [6, 6.07) is 8.72. The Morgan fingerprint density at radius 2 is 2.00 bits per heavy atom. The van der Waals surface area contributed by atoms with Crippen LogP contribution in [-0.2, 0) is 4.74 Å². The zero-order valence-electron chi connectivity index (χ0n) is 12.9. The highest BCUT2D eigenvalue weighted by atomic mass is 16.5. The van der Waals surface area contributed by atoms with Gasteiger partial charge in [-0.3, -0.25) is 0 Å². The summed E-state index contributed by atoms with van der Waals surface area (Å²) < 4.78 is 11.7. The van der Waals surface area contributed by atoms with Gasteiger partial charge in [-0.05, 0) is 50.4 Å². The van der Waals surface area contributed by atoms with Gasteiger partial charge in [-0.25, -0.2) is 0 Å². The Morgan fingerprint density at radius 1 is 1.25 bits per heavy atom. The molecule has 1 aromatic carbocycles. The van der Waals surface area contributed by atoms with E-state index in [-0.39, 0.29) is 12.1 Å². The topological polar surface area (TPSA) is 30.5 Å². The third-order valence-electron chi connectivity index (χ3n) is 3.77. The van der Waals surface area contributed by atoms with E-state index in [1.807, 2.05) is 0 Å². The minimum absolute atomic E-state index is 0.283. The van der Waals surface area contributed by atoms with Gasteiger partial charge in [0.2, 0.25) is 0 Å². The Balaban J connectivity index is 2.04. The quantitative estimate of drug-likeness (QED) is 0.824. The first-order chi connectivity index (χ1) is 9.74. The van der Waals surface area contributed by atoms with Crippen molar-refractivity contribution in [2.24, 2.45) is 0 Å². The molecule has 3 atom stereocenters. The van der Waals surface area contributed by atoms with Gasteiger partial charge in [-0.15, -0.1) is 0 Å². The van der Waals surface area contributed by atoms with E-state index in [0.29, 0.717) is 6.10 Å². The minimum atomic E-state index is 0.283.